The Kier molecular flexibility index (Phi) is 5.40. The van der Waals surface area contributed by atoms with Gasteiger partial charge in [0.2, 0.25) is 5.82 Å². The van der Waals surface area contributed by atoms with Gasteiger partial charge in [-0.1, -0.05) is 80.6 Å². The average Bonchev–Trinajstić information content (AvgIpc) is 3.76. The number of para-hydroxylation sites is 1. The van der Waals surface area contributed by atoms with Crippen molar-refractivity contribution in [2.45, 2.75) is 19.3 Å². The third kappa shape index (κ3) is 3.81. The summed E-state index contributed by atoms with van der Waals surface area (Å²) in [5.74, 6) is 2.09. The van der Waals surface area contributed by atoms with Gasteiger partial charge in [-0.2, -0.15) is 0 Å². The summed E-state index contributed by atoms with van der Waals surface area (Å²) in [6, 6.07) is 35.8. The zero-order valence-electron chi connectivity index (χ0n) is 25.5. The number of nitrogens with zero attached hydrogens (tertiary/aromatic N) is 5. The lowest BCUT2D eigenvalue weighted by atomic mass is 9.80. The Morgan fingerprint density at radius 3 is 2.21 bits per heavy atom. The highest BCUT2D eigenvalue weighted by molar-refractivity contribution is 7.26. The standard InChI is InChI=1S/C40H25N5OS/c1-40(2)29-21-22(15-16-23(29)25-17-18-31-33(34(25)40)27-10-3-5-13-30(27)46-31)36-43-37(45-39(44-36)38-41-19-8-20-42-38)28-12-7-11-26-24-9-4-6-14-32(24)47-35(26)28/h3-21H,1-2H3. The van der Waals surface area contributed by atoms with Crippen LogP contribution in [0.3, 0.4) is 0 Å². The highest BCUT2D eigenvalue weighted by Crippen LogP contribution is 2.53. The van der Waals surface area contributed by atoms with Crippen molar-refractivity contribution < 1.29 is 4.42 Å². The van der Waals surface area contributed by atoms with E-state index in [-0.39, 0.29) is 5.41 Å². The topological polar surface area (TPSA) is 77.6 Å². The van der Waals surface area contributed by atoms with Gasteiger partial charge in [0.15, 0.2) is 17.5 Å². The Balaban J connectivity index is 1.18. The summed E-state index contributed by atoms with van der Waals surface area (Å²) in [5.41, 5.74) is 8.40. The summed E-state index contributed by atoms with van der Waals surface area (Å²) in [6.45, 7) is 4.60. The van der Waals surface area contributed by atoms with E-state index in [0.29, 0.717) is 23.3 Å². The third-order valence-electron chi connectivity index (χ3n) is 9.46. The summed E-state index contributed by atoms with van der Waals surface area (Å²) < 4.78 is 8.66. The number of thiophene rings is 1. The Morgan fingerprint density at radius 2 is 1.32 bits per heavy atom. The molecule has 0 N–H and O–H groups in total. The highest BCUT2D eigenvalue weighted by Gasteiger charge is 2.38. The van der Waals surface area contributed by atoms with Gasteiger partial charge >= 0.3 is 0 Å². The molecule has 1 aliphatic carbocycles. The molecule has 10 rings (SSSR count). The lowest BCUT2D eigenvalue weighted by Crippen LogP contribution is -2.15. The number of aromatic nitrogens is 5. The molecule has 0 radical (unpaired) electrons. The van der Waals surface area contributed by atoms with E-state index in [2.05, 4.69) is 109 Å². The molecule has 7 heteroatoms. The van der Waals surface area contributed by atoms with Crippen molar-refractivity contribution in [2.24, 2.45) is 0 Å². The van der Waals surface area contributed by atoms with Crippen LogP contribution in [0.15, 0.2) is 120 Å². The van der Waals surface area contributed by atoms with Crippen molar-refractivity contribution >= 4 is 53.4 Å². The molecule has 9 aromatic rings. The molecule has 0 bridgehead atoms. The average molecular weight is 624 g/mol. The first kappa shape index (κ1) is 26.4. The van der Waals surface area contributed by atoms with E-state index in [4.69, 9.17) is 19.4 Å². The van der Waals surface area contributed by atoms with E-state index in [0.717, 1.165) is 32.4 Å². The first-order valence-electron chi connectivity index (χ1n) is 15.6. The van der Waals surface area contributed by atoms with E-state index in [9.17, 15) is 0 Å². The Morgan fingerprint density at radius 1 is 0.574 bits per heavy atom. The Labute approximate surface area is 273 Å². The van der Waals surface area contributed by atoms with E-state index in [1.54, 1.807) is 29.8 Å². The lowest BCUT2D eigenvalue weighted by molar-refractivity contribution is 0.657. The van der Waals surface area contributed by atoms with E-state index < -0.39 is 0 Å². The number of rotatable bonds is 3. The highest BCUT2D eigenvalue weighted by atomic mass is 32.1. The van der Waals surface area contributed by atoms with Crippen LogP contribution >= 0.6 is 11.3 Å². The zero-order valence-corrected chi connectivity index (χ0v) is 26.3. The van der Waals surface area contributed by atoms with Crippen molar-refractivity contribution in [1.82, 2.24) is 24.9 Å². The lowest BCUT2D eigenvalue weighted by Gasteiger charge is -2.22. The Hall–Kier alpha value is -5.79. The zero-order chi connectivity index (χ0) is 31.3. The van der Waals surface area contributed by atoms with Gasteiger partial charge in [0.25, 0.3) is 0 Å². The molecule has 0 amide bonds. The molecule has 0 saturated heterocycles. The van der Waals surface area contributed by atoms with Crippen molar-refractivity contribution in [3.8, 4) is 45.6 Å². The van der Waals surface area contributed by atoms with Crippen molar-refractivity contribution in [1.29, 1.82) is 0 Å². The molecule has 0 spiro atoms. The van der Waals surface area contributed by atoms with Gasteiger partial charge in [-0.15, -0.1) is 11.3 Å². The summed E-state index contributed by atoms with van der Waals surface area (Å²) in [5, 5.41) is 4.75. The molecule has 222 valence electrons. The number of hydrogen-bond acceptors (Lipinski definition) is 7. The maximum Gasteiger partial charge on any atom is 0.201 e. The molecule has 0 saturated carbocycles. The van der Waals surface area contributed by atoms with Crippen LogP contribution in [0.5, 0.6) is 0 Å². The summed E-state index contributed by atoms with van der Waals surface area (Å²) >= 11 is 1.76. The van der Waals surface area contributed by atoms with Crippen LogP contribution in [-0.2, 0) is 5.41 Å². The van der Waals surface area contributed by atoms with Gasteiger partial charge in [0, 0.05) is 59.9 Å². The van der Waals surface area contributed by atoms with Crippen molar-refractivity contribution in [3.05, 3.63) is 127 Å². The summed E-state index contributed by atoms with van der Waals surface area (Å²) in [7, 11) is 0. The largest absolute Gasteiger partial charge is 0.456 e. The van der Waals surface area contributed by atoms with E-state index in [1.165, 1.54) is 43.1 Å². The number of fused-ring (bicyclic) bond motifs is 10. The molecule has 47 heavy (non-hydrogen) atoms. The number of furan rings is 1. The first-order valence-corrected chi connectivity index (χ1v) is 16.4. The van der Waals surface area contributed by atoms with Crippen LogP contribution < -0.4 is 0 Å². The van der Waals surface area contributed by atoms with Crippen molar-refractivity contribution in [3.63, 3.8) is 0 Å². The molecule has 6 nitrogen and oxygen atoms in total. The minimum atomic E-state index is -0.281. The molecular weight excluding hydrogens is 599 g/mol. The van der Waals surface area contributed by atoms with Gasteiger partial charge in [0.1, 0.15) is 11.2 Å². The van der Waals surface area contributed by atoms with E-state index >= 15 is 0 Å². The molecule has 0 atom stereocenters. The minimum Gasteiger partial charge on any atom is -0.456 e. The van der Waals surface area contributed by atoms with Crippen LogP contribution in [0.25, 0.3) is 87.7 Å². The van der Waals surface area contributed by atoms with Gasteiger partial charge in [-0.25, -0.2) is 24.9 Å². The fraction of sp³-hybridized carbons (Fsp3) is 0.0750. The van der Waals surface area contributed by atoms with Gasteiger partial charge in [0.05, 0.1) is 0 Å². The number of hydrogen-bond donors (Lipinski definition) is 0. The fourth-order valence-electron chi connectivity index (χ4n) is 7.32. The second-order valence-electron chi connectivity index (χ2n) is 12.5. The van der Waals surface area contributed by atoms with Crippen LogP contribution in [0.1, 0.15) is 25.0 Å². The summed E-state index contributed by atoms with van der Waals surface area (Å²) in [4.78, 5) is 24.1. The third-order valence-corrected chi connectivity index (χ3v) is 10.7. The quantitative estimate of drug-likeness (QED) is 0.195. The molecule has 4 aromatic heterocycles. The minimum absolute atomic E-state index is 0.281. The second-order valence-corrected chi connectivity index (χ2v) is 13.6. The molecule has 0 unspecified atom stereocenters. The van der Waals surface area contributed by atoms with Crippen LogP contribution in [0.2, 0.25) is 0 Å². The number of benzene rings is 5. The smallest absolute Gasteiger partial charge is 0.201 e. The monoisotopic (exact) mass is 623 g/mol. The second kappa shape index (κ2) is 9.61. The SMILES string of the molecule is CC1(C)c2cc(-c3nc(-c4ncccn4)nc(-c4cccc5c4sc4ccccc45)n3)ccc2-c2ccc3oc4ccccc4c3c21. The normalized spacial score (nSPS) is 13.5. The molecule has 1 aliphatic rings. The maximum atomic E-state index is 6.29. The van der Waals surface area contributed by atoms with E-state index in [1.807, 2.05) is 12.1 Å². The molecular formula is C40H25N5OS. The van der Waals surface area contributed by atoms with Gasteiger partial charge < -0.3 is 4.42 Å². The molecule has 5 aromatic carbocycles. The molecule has 0 aliphatic heterocycles. The Bertz CT molecular complexity index is 2730. The molecule has 0 fully saturated rings. The molecule has 4 heterocycles. The summed E-state index contributed by atoms with van der Waals surface area (Å²) in [6.07, 6.45) is 3.43. The van der Waals surface area contributed by atoms with Crippen LogP contribution in [-0.4, -0.2) is 24.9 Å². The predicted octanol–water partition coefficient (Wildman–Crippen LogP) is 10.2. The maximum absolute atomic E-state index is 6.29. The van der Waals surface area contributed by atoms with Crippen LogP contribution in [0, 0.1) is 0 Å². The van der Waals surface area contributed by atoms with Crippen molar-refractivity contribution in [2.75, 3.05) is 0 Å². The fourth-order valence-corrected chi connectivity index (χ4v) is 8.54. The van der Waals surface area contributed by atoms with Gasteiger partial charge in [-0.3, -0.25) is 0 Å². The van der Waals surface area contributed by atoms with Crippen LogP contribution in [0.4, 0.5) is 0 Å². The first-order chi connectivity index (χ1) is 23.0. The van der Waals surface area contributed by atoms with Gasteiger partial charge in [-0.05, 0) is 58.7 Å². The predicted molar refractivity (Wildman–Crippen MR) is 189 cm³/mol.